The molecule has 1 heterocycles. The number of aliphatic carboxylic acids is 1. The number of thiazole rings is 1. The summed E-state index contributed by atoms with van der Waals surface area (Å²) in [6, 6.07) is 0.574. The number of aryl methyl sites for hydroxylation is 1. The van der Waals surface area contributed by atoms with Gasteiger partial charge in [-0.15, -0.1) is 11.3 Å². The minimum atomic E-state index is -0.891. The van der Waals surface area contributed by atoms with Gasteiger partial charge in [-0.1, -0.05) is 33.1 Å². The van der Waals surface area contributed by atoms with Crippen molar-refractivity contribution in [3.8, 4) is 0 Å². The summed E-state index contributed by atoms with van der Waals surface area (Å²) in [4.78, 5) is 31.9. The Morgan fingerprint density at radius 3 is 2.36 bits per heavy atom. The molecule has 0 aromatic carbocycles. The summed E-state index contributed by atoms with van der Waals surface area (Å²) in [5.74, 6) is -0.143. The molecule has 28 heavy (non-hydrogen) atoms. The average molecular weight is 408 g/mol. The number of carbonyl (C=O) groups excluding carboxylic acids is 1. The lowest BCUT2D eigenvalue weighted by molar-refractivity contribution is -0.136. The Labute approximate surface area is 171 Å². The molecule has 0 bridgehead atoms. The molecule has 0 radical (unpaired) electrons. The molecule has 2 saturated carbocycles. The molecule has 1 aromatic rings. The minimum Gasteiger partial charge on any atom is -0.481 e. The second-order valence-electron chi connectivity index (χ2n) is 8.36. The molecule has 3 rings (SSSR count). The Morgan fingerprint density at radius 2 is 1.75 bits per heavy atom. The normalized spacial score (nSPS) is 23.4. The second-order valence-corrected chi connectivity index (χ2v) is 9.44. The summed E-state index contributed by atoms with van der Waals surface area (Å²) in [6.45, 7) is 4.29. The van der Waals surface area contributed by atoms with E-state index in [9.17, 15) is 9.59 Å². The van der Waals surface area contributed by atoms with Crippen LogP contribution in [0.5, 0.6) is 0 Å². The number of aromatic nitrogens is 1. The van der Waals surface area contributed by atoms with Crippen LogP contribution in [0.2, 0.25) is 0 Å². The van der Waals surface area contributed by atoms with Crippen molar-refractivity contribution < 1.29 is 14.7 Å². The number of hydrogen-bond donors (Lipinski definition) is 2. The average Bonchev–Trinajstić information content (AvgIpc) is 3.05. The molecular weight excluding hydrogens is 374 g/mol. The topological polar surface area (TPSA) is 82.5 Å². The standard InChI is InChI=1S/C21H33N3O3S/c1-3-18-17(13-19(25)26)22-20(28-18)23-21(27)24(15-7-5-4-6-8-15)16-11-9-14(2)10-12-16/h14-16H,3-13H2,1-2H3,(H,25,26)(H,22,23,27). The van der Waals surface area contributed by atoms with Crippen molar-refractivity contribution in [3.63, 3.8) is 0 Å². The van der Waals surface area contributed by atoms with Crippen molar-refractivity contribution in [1.82, 2.24) is 9.88 Å². The van der Waals surface area contributed by atoms with Crippen LogP contribution >= 0.6 is 11.3 Å². The number of rotatable bonds is 6. The fraction of sp³-hybridized carbons (Fsp3) is 0.762. The molecule has 6 nitrogen and oxygen atoms in total. The van der Waals surface area contributed by atoms with Crippen molar-refractivity contribution >= 4 is 28.5 Å². The number of nitrogens with zero attached hydrogens (tertiary/aromatic N) is 2. The Hall–Kier alpha value is -1.63. The van der Waals surface area contributed by atoms with Crippen LogP contribution in [0.25, 0.3) is 0 Å². The van der Waals surface area contributed by atoms with Crippen LogP contribution in [0.4, 0.5) is 9.93 Å². The first kappa shape index (κ1) is 21.1. The highest BCUT2D eigenvalue weighted by Gasteiger charge is 2.34. The van der Waals surface area contributed by atoms with Gasteiger partial charge in [-0.3, -0.25) is 10.1 Å². The third-order valence-electron chi connectivity index (χ3n) is 6.21. The molecule has 0 atom stereocenters. The molecule has 0 unspecified atom stereocenters. The molecule has 0 aliphatic heterocycles. The van der Waals surface area contributed by atoms with E-state index in [4.69, 9.17) is 5.11 Å². The molecule has 2 aliphatic rings. The molecule has 7 heteroatoms. The molecule has 2 amide bonds. The van der Waals surface area contributed by atoms with Crippen molar-refractivity contribution in [2.45, 2.75) is 96.6 Å². The highest BCUT2D eigenvalue weighted by molar-refractivity contribution is 7.15. The van der Waals surface area contributed by atoms with Gasteiger partial charge in [0.2, 0.25) is 0 Å². The van der Waals surface area contributed by atoms with Gasteiger partial charge in [0, 0.05) is 17.0 Å². The molecule has 156 valence electrons. The fourth-order valence-electron chi connectivity index (χ4n) is 4.66. The highest BCUT2D eigenvalue weighted by atomic mass is 32.1. The number of carboxylic acid groups (broad SMARTS) is 1. The summed E-state index contributed by atoms with van der Waals surface area (Å²) in [5, 5.41) is 12.6. The molecule has 2 N–H and O–H groups in total. The number of amides is 2. The molecule has 2 fully saturated rings. The van der Waals surface area contributed by atoms with Gasteiger partial charge in [0.05, 0.1) is 12.1 Å². The van der Waals surface area contributed by atoms with Gasteiger partial charge in [-0.25, -0.2) is 9.78 Å². The zero-order valence-electron chi connectivity index (χ0n) is 17.1. The summed E-state index contributed by atoms with van der Waals surface area (Å²) in [5.41, 5.74) is 0.575. The van der Waals surface area contributed by atoms with E-state index in [0.29, 0.717) is 22.9 Å². The molecular formula is C21H33N3O3S. The lowest BCUT2D eigenvalue weighted by Crippen LogP contribution is -2.51. The second kappa shape index (κ2) is 9.72. The lowest BCUT2D eigenvalue weighted by atomic mass is 9.84. The first-order valence-electron chi connectivity index (χ1n) is 10.8. The van der Waals surface area contributed by atoms with E-state index < -0.39 is 5.97 Å². The molecule has 0 saturated heterocycles. The zero-order chi connectivity index (χ0) is 20.1. The predicted molar refractivity (Wildman–Crippen MR) is 112 cm³/mol. The maximum absolute atomic E-state index is 13.3. The van der Waals surface area contributed by atoms with E-state index >= 15 is 0 Å². The SMILES string of the molecule is CCc1sc(NC(=O)N(C2CCCCC2)C2CCC(C)CC2)nc1CC(=O)O. The maximum Gasteiger partial charge on any atom is 0.324 e. The first-order chi connectivity index (χ1) is 13.5. The zero-order valence-corrected chi connectivity index (χ0v) is 17.9. The first-order valence-corrected chi connectivity index (χ1v) is 11.6. The monoisotopic (exact) mass is 407 g/mol. The molecule has 1 aromatic heterocycles. The van der Waals surface area contributed by atoms with Crippen molar-refractivity contribution in [1.29, 1.82) is 0 Å². The smallest absolute Gasteiger partial charge is 0.324 e. The molecule has 0 spiro atoms. The van der Waals surface area contributed by atoms with Crippen LogP contribution in [-0.4, -0.2) is 39.1 Å². The number of carbonyl (C=O) groups is 2. The third kappa shape index (κ3) is 5.25. The molecule has 2 aliphatic carbocycles. The largest absolute Gasteiger partial charge is 0.481 e. The van der Waals surface area contributed by atoms with E-state index in [1.54, 1.807) is 0 Å². The maximum atomic E-state index is 13.3. The number of nitrogens with one attached hydrogen (secondary N) is 1. The van der Waals surface area contributed by atoms with E-state index in [0.717, 1.165) is 42.9 Å². The van der Waals surface area contributed by atoms with Crippen LogP contribution in [0.15, 0.2) is 0 Å². The van der Waals surface area contributed by atoms with Crippen molar-refractivity contribution in [2.75, 3.05) is 5.32 Å². The summed E-state index contributed by atoms with van der Waals surface area (Å²) < 4.78 is 0. The van der Waals surface area contributed by atoms with Crippen LogP contribution in [-0.2, 0) is 17.6 Å². The number of urea groups is 1. The summed E-state index contributed by atoms with van der Waals surface area (Å²) in [6.07, 6.45) is 11.0. The van der Waals surface area contributed by atoms with Crippen LogP contribution in [0.1, 0.15) is 82.2 Å². The highest BCUT2D eigenvalue weighted by Crippen LogP contribution is 2.33. The Kier molecular flexibility index (Phi) is 7.32. The van der Waals surface area contributed by atoms with Crippen molar-refractivity contribution in [3.05, 3.63) is 10.6 Å². The Balaban J connectivity index is 1.75. The van der Waals surface area contributed by atoms with Gasteiger partial charge in [-0.2, -0.15) is 0 Å². The van der Waals surface area contributed by atoms with Crippen LogP contribution in [0, 0.1) is 5.92 Å². The van der Waals surface area contributed by atoms with E-state index in [1.807, 2.05) is 6.92 Å². The van der Waals surface area contributed by atoms with Gasteiger partial charge in [0.25, 0.3) is 0 Å². The summed E-state index contributed by atoms with van der Waals surface area (Å²) in [7, 11) is 0. The van der Waals surface area contributed by atoms with Crippen molar-refractivity contribution in [2.24, 2.45) is 5.92 Å². The number of carboxylic acids is 1. The van der Waals surface area contributed by atoms with Gasteiger partial charge in [-0.05, 0) is 50.9 Å². The van der Waals surface area contributed by atoms with E-state index in [1.165, 1.54) is 43.4 Å². The van der Waals surface area contributed by atoms with Crippen LogP contribution in [0.3, 0.4) is 0 Å². The number of anilines is 1. The number of hydrogen-bond acceptors (Lipinski definition) is 4. The van der Waals surface area contributed by atoms with Gasteiger partial charge >= 0.3 is 12.0 Å². The Bertz CT molecular complexity index is 676. The lowest BCUT2D eigenvalue weighted by Gasteiger charge is -2.42. The van der Waals surface area contributed by atoms with Gasteiger partial charge in [0.1, 0.15) is 0 Å². The Morgan fingerprint density at radius 1 is 1.11 bits per heavy atom. The predicted octanol–water partition coefficient (Wildman–Crippen LogP) is 5.08. The van der Waals surface area contributed by atoms with Crippen LogP contribution < -0.4 is 5.32 Å². The quantitative estimate of drug-likeness (QED) is 0.689. The minimum absolute atomic E-state index is 0.0512. The van der Waals surface area contributed by atoms with Gasteiger partial charge in [0.15, 0.2) is 5.13 Å². The third-order valence-corrected chi connectivity index (χ3v) is 7.37. The van der Waals surface area contributed by atoms with Gasteiger partial charge < -0.3 is 10.0 Å². The van der Waals surface area contributed by atoms with E-state index in [-0.39, 0.29) is 12.5 Å². The summed E-state index contributed by atoms with van der Waals surface area (Å²) >= 11 is 1.41. The van der Waals surface area contributed by atoms with E-state index in [2.05, 4.69) is 22.1 Å². The fourth-order valence-corrected chi connectivity index (χ4v) is 5.57.